The first-order valence-corrected chi connectivity index (χ1v) is 9.74. The molecule has 0 bridgehead atoms. The summed E-state index contributed by atoms with van der Waals surface area (Å²) >= 11 is 6.27. The molecule has 2 aromatic heterocycles. The first-order valence-electron chi connectivity index (χ1n) is 9.36. The predicted octanol–water partition coefficient (Wildman–Crippen LogP) is 3.32. The van der Waals surface area contributed by atoms with Crippen LogP contribution in [0.15, 0.2) is 66.7 Å². The fourth-order valence-corrected chi connectivity index (χ4v) is 3.04. The molecule has 0 saturated heterocycles. The van der Waals surface area contributed by atoms with Gasteiger partial charge in [-0.2, -0.15) is 4.52 Å². The third-order valence-electron chi connectivity index (χ3n) is 4.29. The highest BCUT2D eigenvalue weighted by Gasteiger charge is 2.13. The second-order valence-electron chi connectivity index (χ2n) is 6.39. The molecule has 2 aromatic carbocycles. The number of hydrogen-bond acceptors (Lipinski definition) is 5. The average molecular weight is 423 g/mol. The number of fused-ring (bicyclic) bond motifs is 1. The number of nitrogens with one attached hydrogen (secondary N) is 2. The zero-order chi connectivity index (χ0) is 20.8. The van der Waals surface area contributed by atoms with Crippen molar-refractivity contribution in [1.29, 1.82) is 0 Å². The molecule has 0 radical (unpaired) electrons. The fraction of sp³-hybridized carbons (Fsp3) is 0.143. The zero-order valence-corrected chi connectivity index (χ0v) is 16.7. The van der Waals surface area contributed by atoms with Crippen LogP contribution in [-0.4, -0.2) is 39.0 Å². The molecule has 4 rings (SSSR count). The van der Waals surface area contributed by atoms with E-state index in [1.54, 1.807) is 22.7 Å². The van der Waals surface area contributed by atoms with Crippen molar-refractivity contribution in [3.05, 3.63) is 77.3 Å². The van der Waals surface area contributed by atoms with Crippen LogP contribution < -0.4 is 15.4 Å². The number of aromatic nitrogens is 4. The summed E-state index contributed by atoms with van der Waals surface area (Å²) in [5.74, 6) is 0.918. The van der Waals surface area contributed by atoms with E-state index in [1.807, 2.05) is 48.5 Å². The van der Waals surface area contributed by atoms with E-state index < -0.39 is 0 Å². The van der Waals surface area contributed by atoms with Crippen molar-refractivity contribution in [3.8, 4) is 17.3 Å². The zero-order valence-electron chi connectivity index (χ0n) is 16.0. The monoisotopic (exact) mass is 422 g/mol. The molecule has 0 aliphatic rings. The van der Waals surface area contributed by atoms with Gasteiger partial charge in [0.25, 0.3) is 0 Å². The van der Waals surface area contributed by atoms with Crippen LogP contribution in [0.3, 0.4) is 0 Å². The van der Waals surface area contributed by atoms with E-state index in [4.69, 9.17) is 16.3 Å². The summed E-state index contributed by atoms with van der Waals surface area (Å²) in [6.07, 6.45) is 0. The van der Waals surface area contributed by atoms with Gasteiger partial charge in [-0.3, -0.25) is 0 Å². The Hall–Kier alpha value is -3.65. The van der Waals surface area contributed by atoms with Gasteiger partial charge in [-0.05, 0) is 23.8 Å². The van der Waals surface area contributed by atoms with Crippen LogP contribution in [0.5, 0.6) is 5.88 Å². The summed E-state index contributed by atoms with van der Waals surface area (Å²) in [5, 5.41) is 18.8. The van der Waals surface area contributed by atoms with Gasteiger partial charge in [0.2, 0.25) is 5.88 Å². The van der Waals surface area contributed by atoms with Gasteiger partial charge < -0.3 is 15.4 Å². The molecule has 152 valence electrons. The Morgan fingerprint density at radius 2 is 1.77 bits per heavy atom. The normalized spacial score (nSPS) is 10.7. The summed E-state index contributed by atoms with van der Waals surface area (Å²) in [6.45, 7) is 1.06. The van der Waals surface area contributed by atoms with Crippen LogP contribution in [0.2, 0.25) is 5.02 Å². The van der Waals surface area contributed by atoms with Crippen molar-refractivity contribution >= 4 is 23.3 Å². The van der Waals surface area contributed by atoms with Crippen molar-refractivity contribution in [2.24, 2.45) is 0 Å². The largest absolute Gasteiger partial charge is 0.475 e. The number of benzene rings is 2. The second-order valence-corrected chi connectivity index (χ2v) is 6.80. The summed E-state index contributed by atoms with van der Waals surface area (Å²) in [5.41, 5.74) is 2.34. The molecule has 2 N–H and O–H groups in total. The SMILES string of the molecule is O=C(NCCOc1ccc2nnc(-c3ccccc3Cl)n2n1)NCc1ccccc1. The minimum absolute atomic E-state index is 0.259. The van der Waals surface area contributed by atoms with Crippen LogP contribution in [0, 0.1) is 0 Å². The molecule has 30 heavy (non-hydrogen) atoms. The number of hydrogen-bond donors (Lipinski definition) is 2. The van der Waals surface area contributed by atoms with E-state index in [-0.39, 0.29) is 12.6 Å². The Kier molecular flexibility index (Phi) is 6.05. The van der Waals surface area contributed by atoms with Gasteiger partial charge in [-0.1, -0.05) is 54.1 Å². The second kappa shape index (κ2) is 9.23. The molecule has 2 amide bonds. The maximum absolute atomic E-state index is 11.9. The molecule has 0 aliphatic carbocycles. The van der Waals surface area contributed by atoms with E-state index >= 15 is 0 Å². The molecule has 8 nitrogen and oxygen atoms in total. The Bertz CT molecular complexity index is 1150. The number of amides is 2. The van der Waals surface area contributed by atoms with Gasteiger partial charge in [-0.25, -0.2) is 4.79 Å². The van der Waals surface area contributed by atoms with Crippen molar-refractivity contribution in [2.45, 2.75) is 6.54 Å². The van der Waals surface area contributed by atoms with Crippen molar-refractivity contribution in [2.75, 3.05) is 13.2 Å². The highest BCUT2D eigenvalue weighted by molar-refractivity contribution is 6.33. The number of carbonyl (C=O) groups is 1. The molecule has 0 fully saturated rings. The lowest BCUT2D eigenvalue weighted by molar-refractivity contribution is 0.235. The minimum Gasteiger partial charge on any atom is -0.475 e. The standard InChI is InChI=1S/C21H19ClN6O2/c22-17-9-5-4-8-16(17)20-26-25-18-10-11-19(27-28(18)20)30-13-12-23-21(29)24-14-15-6-2-1-3-7-15/h1-11H,12-14H2,(H2,23,24,29). The van der Waals surface area contributed by atoms with Gasteiger partial charge in [-0.15, -0.1) is 15.3 Å². The number of rotatable bonds is 7. The maximum Gasteiger partial charge on any atom is 0.315 e. The van der Waals surface area contributed by atoms with Crippen LogP contribution in [0.1, 0.15) is 5.56 Å². The van der Waals surface area contributed by atoms with E-state index in [2.05, 4.69) is 25.9 Å². The van der Waals surface area contributed by atoms with Crippen LogP contribution in [0.4, 0.5) is 4.79 Å². The number of carbonyl (C=O) groups excluding carboxylic acids is 1. The lowest BCUT2D eigenvalue weighted by atomic mass is 10.2. The van der Waals surface area contributed by atoms with E-state index in [1.165, 1.54) is 0 Å². The molecule has 2 heterocycles. The number of urea groups is 1. The topological polar surface area (TPSA) is 93.4 Å². The highest BCUT2D eigenvalue weighted by Crippen LogP contribution is 2.26. The molecule has 4 aromatic rings. The van der Waals surface area contributed by atoms with E-state index in [0.717, 1.165) is 11.1 Å². The quantitative estimate of drug-likeness (QED) is 0.445. The number of halogens is 1. The predicted molar refractivity (Wildman–Crippen MR) is 113 cm³/mol. The number of nitrogens with zero attached hydrogens (tertiary/aromatic N) is 4. The molecule has 0 spiro atoms. The molecule has 0 atom stereocenters. The minimum atomic E-state index is -0.259. The van der Waals surface area contributed by atoms with Crippen molar-refractivity contribution in [1.82, 2.24) is 30.4 Å². The first kappa shape index (κ1) is 19.7. The van der Waals surface area contributed by atoms with Gasteiger partial charge >= 0.3 is 6.03 Å². The summed E-state index contributed by atoms with van der Waals surface area (Å²) in [6, 6.07) is 20.3. The average Bonchev–Trinajstić information content (AvgIpc) is 3.19. The molecular weight excluding hydrogens is 404 g/mol. The summed E-state index contributed by atoms with van der Waals surface area (Å²) in [4.78, 5) is 11.9. The van der Waals surface area contributed by atoms with Crippen LogP contribution in [0.25, 0.3) is 17.0 Å². The Morgan fingerprint density at radius 1 is 0.967 bits per heavy atom. The van der Waals surface area contributed by atoms with Crippen molar-refractivity contribution in [3.63, 3.8) is 0 Å². The van der Waals surface area contributed by atoms with Gasteiger partial charge in [0.05, 0.1) is 11.6 Å². The third-order valence-corrected chi connectivity index (χ3v) is 4.62. The van der Waals surface area contributed by atoms with Crippen molar-refractivity contribution < 1.29 is 9.53 Å². The molecular formula is C21H19ClN6O2. The van der Waals surface area contributed by atoms with Gasteiger partial charge in [0.15, 0.2) is 11.5 Å². The fourth-order valence-electron chi connectivity index (χ4n) is 2.82. The Labute approximate surface area is 177 Å². The Morgan fingerprint density at radius 3 is 2.60 bits per heavy atom. The maximum atomic E-state index is 11.9. The lowest BCUT2D eigenvalue weighted by Gasteiger charge is -2.09. The van der Waals surface area contributed by atoms with Gasteiger partial charge in [0.1, 0.15) is 6.61 Å². The summed E-state index contributed by atoms with van der Waals surface area (Å²) < 4.78 is 7.23. The van der Waals surface area contributed by atoms with Gasteiger partial charge in [0, 0.05) is 18.2 Å². The number of ether oxygens (including phenoxy) is 1. The van der Waals surface area contributed by atoms with E-state index in [0.29, 0.717) is 35.5 Å². The van der Waals surface area contributed by atoms with Crippen LogP contribution >= 0.6 is 11.6 Å². The lowest BCUT2D eigenvalue weighted by Crippen LogP contribution is -2.37. The van der Waals surface area contributed by atoms with Crippen LogP contribution in [-0.2, 0) is 6.54 Å². The molecule has 0 unspecified atom stereocenters. The Balaban J connectivity index is 1.32. The summed E-state index contributed by atoms with van der Waals surface area (Å²) in [7, 11) is 0. The molecule has 9 heteroatoms. The van der Waals surface area contributed by atoms with E-state index in [9.17, 15) is 4.79 Å². The third kappa shape index (κ3) is 4.66. The highest BCUT2D eigenvalue weighted by atomic mass is 35.5. The molecule has 0 aliphatic heterocycles. The smallest absolute Gasteiger partial charge is 0.315 e. The molecule has 0 saturated carbocycles. The first-order chi connectivity index (χ1) is 14.7.